The van der Waals surface area contributed by atoms with Crippen LogP contribution < -0.4 is 0 Å². The van der Waals surface area contributed by atoms with Gasteiger partial charge < -0.3 is 24.4 Å². The average molecular weight is 380 g/mol. The minimum Gasteiger partial charge on any atom is -0.455 e. The van der Waals surface area contributed by atoms with Crippen LogP contribution >= 0.6 is 0 Å². The van der Waals surface area contributed by atoms with Gasteiger partial charge in [0.1, 0.15) is 18.3 Å². The first kappa shape index (κ1) is 20.9. The van der Waals surface area contributed by atoms with Crippen molar-refractivity contribution in [3.8, 4) is 0 Å². The van der Waals surface area contributed by atoms with Crippen LogP contribution in [0.2, 0.25) is 0 Å². The molecule has 0 aromatic heterocycles. The van der Waals surface area contributed by atoms with E-state index in [4.69, 9.17) is 14.2 Å². The van der Waals surface area contributed by atoms with Gasteiger partial charge in [-0.3, -0.25) is 0 Å². The molecule has 148 valence electrons. The molecule has 27 heavy (non-hydrogen) atoms. The van der Waals surface area contributed by atoms with Crippen LogP contribution in [0.1, 0.15) is 27.7 Å². The molecule has 8 heteroatoms. The Bertz CT molecular complexity index is 734. The monoisotopic (exact) mass is 380 g/mol. The largest absolute Gasteiger partial charge is 0.455 e. The number of aliphatic hydroxyl groups excluding tert-OH is 2. The second kappa shape index (κ2) is 7.28. The number of aliphatic hydroxyl groups is 2. The van der Waals surface area contributed by atoms with Crippen LogP contribution in [0.25, 0.3) is 0 Å². The summed E-state index contributed by atoms with van der Waals surface area (Å²) in [4.78, 5) is 36.6. The van der Waals surface area contributed by atoms with Gasteiger partial charge in [0.2, 0.25) is 0 Å². The summed E-state index contributed by atoms with van der Waals surface area (Å²) in [6.45, 7) is 12.7. The maximum absolute atomic E-state index is 12.4. The first-order valence-electron chi connectivity index (χ1n) is 8.44. The molecule has 2 N–H and O–H groups in total. The maximum Gasteiger partial charge on any atom is 0.334 e. The molecule has 0 aliphatic carbocycles. The number of esters is 3. The Kier molecular flexibility index (Phi) is 5.63. The van der Waals surface area contributed by atoms with Gasteiger partial charge in [-0.1, -0.05) is 13.2 Å². The maximum atomic E-state index is 12.4. The first-order chi connectivity index (χ1) is 12.4. The molecule has 1 fully saturated rings. The molecule has 0 unspecified atom stereocenters. The Balaban J connectivity index is 2.64. The van der Waals surface area contributed by atoms with E-state index in [1.807, 2.05) is 0 Å². The van der Waals surface area contributed by atoms with Crippen LogP contribution in [0.15, 0.2) is 36.0 Å². The molecule has 2 rings (SSSR count). The van der Waals surface area contributed by atoms with Gasteiger partial charge in [0.05, 0.1) is 12.0 Å². The number of ether oxygens (including phenoxy) is 3. The summed E-state index contributed by atoms with van der Waals surface area (Å²) in [6, 6.07) is 0. The van der Waals surface area contributed by atoms with E-state index in [1.165, 1.54) is 33.8 Å². The molecule has 2 aliphatic heterocycles. The summed E-state index contributed by atoms with van der Waals surface area (Å²) in [6.07, 6.45) is -4.02. The number of hydrogen-bond acceptors (Lipinski definition) is 8. The fourth-order valence-electron chi connectivity index (χ4n) is 3.00. The van der Waals surface area contributed by atoms with Gasteiger partial charge in [0.25, 0.3) is 0 Å². The fraction of sp³-hybridized carbons (Fsp3) is 0.526. The Morgan fingerprint density at radius 3 is 2.48 bits per heavy atom. The van der Waals surface area contributed by atoms with Crippen LogP contribution in [0.3, 0.4) is 0 Å². The average Bonchev–Trinajstić information content (AvgIpc) is 2.85. The summed E-state index contributed by atoms with van der Waals surface area (Å²) in [5.74, 6) is -3.33. The van der Waals surface area contributed by atoms with Gasteiger partial charge in [-0.15, -0.1) is 0 Å². The number of rotatable bonds is 3. The Hall–Kier alpha value is -2.45. The Morgan fingerprint density at radius 1 is 1.37 bits per heavy atom. The van der Waals surface area contributed by atoms with Gasteiger partial charge in [0.15, 0.2) is 5.60 Å². The van der Waals surface area contributed by atoms with E-state index in [0.717, 1.165) is 0 Å². The lowest BCUT2D eigenvalue weighted by Gasteiger charge is -2.41. The highest BCUT2D eigenvalue weighted by Crippen LogP contribution is 2.39. The molecule has 1 saturated heterocycles. The smallest absolute Gasteiger partial charge is 0.334 e. The third-order valence-corrected chi connectivity index (χ3v) is 4.98. The van der Waals surface area contributed by atoms with Crippen molar-refractivity contribution in [2.24, 2.45) is 5.92 Å². The fourth-order valence-corrected chi connectivity index (χ4v) is 3.00. The normalized spacial score (nSPS) is 36.8. The van der Waals surface area contributed by atoms with Gasteiger partial charge in [0, 0.05) is 16.7 Å². The van der Waals surface area contributed by atoms with Crippen molar-refractivity contribution in [1.82, 2.24) is 0 Å². The summed E-state index contributed by atoms with van der Waals surface area (Å²) in [7, 11) is 0. The second-order valence-electron chi connectivity index (χ2n) is 7.12. The molecule has 0 spiro atoms. The summed E-state index contributed by atoms with van der Waals surface area (Å²) >= 11 is 0. The highest BCUT2D eigenvalue weighted by Gasteiger charge is 2.55. The number of carbonyl (C=O) groups is 3. The van der Waals surface area contributed by atoms with E-state index in [-0.39, 0.29) is 16.7 Å². The van der Waals surface area contributed by atoms with Crippen LogP contribution in [0.5, 0.6) is 0 Å². The Labute approximate surface area is 157 Å². The zero-order chi connectivity index (χ0) is 20.7. The Morgan fingerprint density at radius 2 is 1.96 bits per heavy atom. The topological polar surface area (TPSA) is 119 Å². The van der Waals surface area contributed by atoms with Gasteiger partial charge in [-0.05, 0) is 33.8 Å². The first-order valence-corrected chi connectivity index (χ1v) is 8.44. The zero-order valence-electron chi connectivity index (χ0n) is 15.7. The molecule has 0 amide bonds. The predicted octanol–water partition coefficient (Wildman–Crippen LogP) is 0.576. The molecule has 0 saturated carbocycles. The minimum atomic E-state index is -1.83. The van der Waals surface area contributed by atoms with Crippen molar-refractivity contribution in [3.05, 3.63) is 36.0 Å². The van der Waals surface area contributed by atoms with Crippen molar-refractivity contribution < 1.29 is 38.8 Å². The number of carbonyl (C=O) groups excluding carboxylic acids is 3. The van der Waals surface area contributed by atoms with Crippen molar-refractivity contribution >= 4 is 17.9 Å². The molecule has 0 aromatic rings. The van der Waals surface area contributed by atoms with Crippen LogP contribution in [0, 0.1) is 5.92 Å². The van der Waals surface area contributed by atoms with Crippen molar-refractivity contribution in [2.75, 3.05) is 0 Å². The molecular weight excluding hydrogens is 356 g/mol. The molecule has 6 atom stereocenters. The van der Waals surface area contributed by atoms with Gasteiger partial charge in [-0.25, -0.2) is 14.4 Å². The van der Waals surface area contributed by atoms with Crippen molar-refractivity contribution in [2.45, 2.75) is 57.7 Å². The van der Waals surface area contributed by atoms with Gasteiger partial charge in [-0.2, -0.15) is 0 Å². The standard InChI is InChI=1S/C19H24O8/c1-8(2)16(22)26-14-13-10(4)18(24)25-12(13)7-9(3)17(23)27-19(6,11(5)20)15(14)21/h7,11-15,20-21H,1,4H2,2-3,5-6H3/b9-7-/t11-,12+,13-,14-,15-,19+/m0/s1. The van der Waals surface area contributed by atoms with Gasteiger partial charge >= 0.3 is 17.9 Å². The zero-order valence-corrected chi connectivity index (χ0v) is 15.7. The lowest BCUT2D eigenvalue weighted by molar-refractivity contribution is -0.208. The predicted molar refractivity (Wildman–Crippen MR) is 93.1 cm³/mol. The summed E-state index contributed by atoms with van der Waals surface area (Å²) < 4.78 is 16.0. The highest BCUT2D eigenvalue weighted by molar-refractivity contribution is 5.93. The number of hydrogen-bond donors (Lipinski definition) is 2. The molecule has 2 aliphatic rings. The highest BCUT2D eigenvalue weighted by atomic mass is 16.6. The van der Waals surface area contributed by atoms with Crippen LogP contribution in [0.4, 0.5) is 0 Å². The minimum absolute atomic E-state index is 0.0232. The molecular formula is C19H24O8. The lowest BCUT2D eigenvalue weighted by atomic mass is 9.80. The number of fused-ring (bicyclic) bond motifs is 1. The van der Waals surface area contributed by atoms with E-state index in [0.29, 0.717) is 0 Å². The SMILES string of the molecule is C=C(C)C(=O)O[C@H]1[C@H]2C(=C)C(=O)O[C@@H]2/C=C(/C)C(=O)O[C@](C)([C@H](C)O)[C@H]1O. The molecule has 2 heterocycles. The van der Waals surface area contributed by atoms with Crippen LogP contribution in [-0.2, 0) is 28.6 Å². The molecule has 0 bridgehead atoms. The quantitative estimate of drug-likeness (QED) is 0.414. The van der Waals surface area contributed by atoms with Crippen molar-refractivity contribution in [1.29, 1.82) is 0 Å². The molecule has 0 radical (unpaired) electrons. The third-order valence-electron chi connectivity index (χ3n) is 4.98. The number of cyclic esters (lactones) is 1. The van der Waals surface area contributed by atoms with E-state index in [2.05, 4.69) is 13.2 Å². The molecule has 0 aromatic carbocycles. The lowest BCUT2D eigenvalue weighted by Crippen LogP contribution is -2.59. The summed E-state index contributed by atoms with van der Waals surface area (Å²) in [5.41, 5.74) is -1.67. The van der Waals surface area contributed by atoms with E-state index in [1.54, 1.807) is 0 Å². The van der Waals surface area contributed by atoms with E-state index < -0.39 is 53.8 Å². The second-order valence-corrected chi connectivity index (χ2v) is 7.12. The molecule has 8 nitrogen and oxygen atoms in total. The van der Waals surface area contributed by atoms with E-state index >= 15 is 0 Å². The van der Waals surface area contributed by atoms with Crippen molar-refractivity contribution in [3.63, 3.8) is 0 Å². The van der Waals surface area contributed by atoms with Crippen LogP contribution in [-0.4, -0.2) is 58.1 Å². The third kappa shape index (κ3) is 3.68. The summed E-state index contributed by atoms with van der Waals surface area (Å²) in [5, 5.41) is 21.2. The van der Waals surface area contributed by atoms with E-state index in [9.17, 15) is 24.6 Å².